The molecule has 0 spiro atoms. The van der Waals surface area contributed by atoms with Gasteiger partial charge in [-0.3, -0.25) is 4.57 Å². The van der Waals surface area contributed by atoms with E-state index >= 15 is 0 Å². The van der Waals surface area contributed by atoms with Crippen molar-refractivity contribution in [2.75, 3.05) is 0 Å². The van der Waals surface area contributed by atoms with Crippen molar-refractivity contribution in [3.8, 4) is 17.2 Å². The molecule has 0 saturated carbocycles. The fraction of sp³-hybridized carbons (Fsp3) is 0.0943. The van der Waals surface area contributed by atoms with Crippen LogP contribution < -0.4 is 0 Å². The highest BCUT2D eigenvalue weighted by molar-refractivity contribution is 8.00. The number of hydrogen-bond donors (Lipinski definition) is 0. The maximum absolute atomic E-state index is 5.44. The van der Waals surface area contributed by atoms with E-state index in [1.807, 2.05) is 18.0 Å². The predicted molar refractivity (Wildman–Crippen MR) is 237 cm³/mol. The average molecular weight is 748 g/mol. The van der Waals surface area contributed by atoms with Gasteiger partial charge in [0.2, 0.25) is 5.95 Å². The number of para-hydroxylation sites is 1. The van der Waals surface area contributed by atoms with E-state index in [1.54, 1.807) is 0 Å². The molecule has 3 heterocycles. The zero-order valence-corrected chi connectivity index (χ0v) is 32.0. The van der Waals surface area contributed by atoms with Crippen LogP contribution in [0.2, 0.25) is 0 Å². The summed E-state index contributed by atoms with van der Waals surface area (Å²) in [6, 6.07) is 48.9. The summed E-state index contributed by atoms with van der Waals surface area (Å²) in [6.45, 7) is 0. The van der Waals surface area contributed by atoms with Gasteiger partial charge >= 0.3 is 0 Å². The second-order valence-corrected chi connectivity index (χ2v) is 16.7. The van der Waals surface area contributed by atoms with E-state index in [1.165, 1.54) is 71.0 Å². The minimum Gasteiger partial charge on any atom is -0.278 e. The second kappa shape index (κ2) is 12.8. The maximum Gasteiger partial charge on any atom is 0.235 e. The molecule has 0 fully saturated rings. The summed E-state index contributed by atoms with van der Waals surface area (Å²) >= 11 is 2.00. The summed E-state index contributed by atoms with van der Waals surface area (Å²) in [6.07, 6.45) is 22.7. The van der Waals surface area contributed by atoms with Crippen LogP contribution in [0.25, 0.3) is 55.9 Å². The first-order chi connectivity index (χ1) is 28.3. The molecule has 2 aromatic heterocycles. The summed E-state index contributed by atoms with van der Waals surface area (Å²) in [5.41, 5.74) is 13.1. The normalized spacial score (nSPS) is 20.5. The van der Waals surface area contributed by atoms with Crippen LogP contribution in [0.4, 0.5) is 0 Å². The minimum absolute atomic E-state index is 0.345. The fourth-order valence-corrected chi connectivity index (χ4v) is 11.7. The molecule has 0 saturated heterocycles. The van der Waals surface area contributed by atoms with Crippen LogP contribution in [-0.2, 0) is 5.41 Å². The van der Waals surface area contributed by atoms with Crippen LogP contribution in [0.3, 0.4) is 0 Å². The van der Waals surface area contributed by atoms with E-state index in [0.717, 1.165) is 29.6 Å². The van der Waals surface area contributed by atoms with E-state index in [9.17, 15) is 0 Å². The van der Waals surface area contributed by atoms with Crippen molar-refractivity contribution >= 4 is 50.4 Å². The summed E-state index contributed by atoms with van der Waals surface area (Å²) < 4.78 is 2.28. The van der Waals surface area contributed by atoms with E-state index in [4.69, 9.17) is 9.97 Å². The Hall–Kier alpha value is -6.49. The van der Waals surface area contributed by atoms with Gasteiger partial charge < -0.3 is 0 Å². The highest BCUT2D eigenvalue weighted by Gasteiger charge is 2.39. The number of benzene rings is 6. The zero-order valence-electron chi connectivity index (χ0n) is 31.2. The maximum atomic E-state index is 5.44. The van der Waals surface area contributed by atoms with Crippen LogP contribution in [0.15, 0.2) is 198 Å². The lowest BCUT2D eigenvalue weighted by molar-refractivity contribution is 0.787. The second-order valence-electron chi connectivity index (χ2n) is 15.5. The van der Waals surface area contributed by atoms with Gasteiger partial charge in [0.15, 0.2) is 0 Å². The van der Waals surface area contributed by atoms with E-state index in [-0.39, 0.29) is 0 Å². The quantitative estimate of drug-likeness (QED) is 0.176. The Morgan fingerprint density at radius 3 is 2.49 bits per heavy atom. The molecule has 1 aliphatic heterocycles. The summed E-state index contributed by atoms with van der Waals surface area (Å²) in [5.74, 6) is 1.02. The predicted octanol–water partition coefficient (Wildman–Crippen LogP) is 13.1. The van der Waals surface area contributed by atoms with Crippen LogP contribution in [0.5, 0.6) is 0 Å². The largest absolute Gasteiger partial charge is 0.278 e. The standard InChI is InChI=1S/C53H37N3S/c1-3-13-34(14-4-1)39-21-11-22-42-43-23-12-24-44(51(43)57-50(39)42)46-30-32-54-52(55-46)56-47-26-8-7-20-40(47)41-28-27-38(33-48(41)56)53(37-18-5-2-6-19-37)31-29-36-16-9-15-35-17-10-25-45(53)49(35)36/h1-3,5-13,15-33,42,50H,4,14H2. The van der Waals surface area contributed by atoms with Crippen molar-refractivity contribution in [3.63, 3.8) is 0 Å². The monoisotopic (exact) mass is 747 g/mol. The Bertz CT molecular complexity index is 3120. The van der Waals surface area contributed by atoms with Crippen molar-refractivity contribution in [1.29, 1.82) is 0 Å². The van der Waals surface area contributed by atoms with Crippen molar-refractivity contribution in [2.24, 2.45) is 0 Å². The van der Waals surface area contributed by atoms with E-state index in [0.29, 0.717) is 17.1 Å². The van der Waals surface area contributed by atoms with Gasteiger partial charge in [-0.05, 0) is 80.8 Å². The molecule has 8 aromatic rings. The smallest absolute Gasteiger partial charge is 0.235 e. The number of thioether (sulfide) groups is 1. The lowest BCUT2D eigenvalue weighted by Crippen LogP contribution is -2.29. The van der Waals surface area contributed by atoms with Gasteiger partial charge in [-0.2, -0.15) is 0 Å². The van der Waals surface area contributed by atoms with Gasteiger partial charge in [0.1, 0.15) is 0 Å². The van der Waals surface area contributed by atoms with E-state index < -0.39 is 5.41 Å². The molecule has 3 unspecified atom stereocenters. The Balaban J connectivity index is 1.03. The highest BCUT2D eigenvalue weighted by atomic mass is 32.2. The van der Waals surface area contributed by atoms with Crippen molar-refractivity contribution < 1.29 is 0 Å². The van der Waals surface area contributed by atoms with Crippen molar-refractivity contribution in [3.05, 3.63) is 221 Å². The van der Waals surface area contributed by atoms with Crippen LogP contribution in [0.1, 0.15) is 46.6 Å². The molecule has 4 heteroatoms. The number of nitrogens with zero attached hydrogens (tertiary/aromatic N) is 3. The van der Waals surface area contributed by atoms with Crippen molar-refractivity contribution in [2.45, 2.75) is 34.3 Å². The first-order valence-electron chi connectivity index (χ1n) is 19.9. The van der Waals surface area contributed by atoms with E-state index in [2.05, 4.69) is 187 Å². The lowest BCUT2D eigenvalue weighted by atomic mass is 9.65. The molecule has 3 nitrogen and oxygen atoms in total. The number of fused-ring (bicyclic) bond motifs is 6. The summed E-state index contributed by atoms with van der Waals surface area (Å²) in [5, 5.41) is 5.30. The third kappa shape index (κ3) is 4.87. The van der Waals surface area contributed by atoms with Gasteiger partial charge in [0.05, 0.1) is 22.1 Å². The average Bonchev–Trinajstić information content (AvgIpc) is 3.83. The molecule has 0 bridgehead atoms. The molecular formula is C53H37N3S. The van der Waals surface area contributed by atoms with Crippen molar-refractivity contribution in [1.82, 2.24) is 14.5 Å². The van der Waals surface area contributed by atoms with Crippen LogP contribution in [0, 0.1) is 0 Å². The molecule has 3 aliphatic carbocycles. The molecule has 3 atom stereocenters. The molecule has 0 amide bonds. The topological polar surface area (TPSA) is 30.7 Å². The first kappa shape index (κ1) is 32.7. The number of hydrogen-bond acceptors (Lipinski definition) is 3. The highest BCUT2D eigenvalue weighted by Crippen LogP contribution is 2.55. The van der Waals surface area contributed by atoms with Gasteiger partial charge in [0.25, 0.3) is 0 Å². The lowest BCUT2D eigenvalue weighted by Gasteiger charge is -2.37. The molecule has 270 valence electrons. The third-order valence-corrected chi connectivity index (χ3v) is 14.1. The minimum atomic E-state index is -0.502. The summed E-state index contributed by atoms with van der Waals surface area (Å²) in [4.78, 5) is 11.8. The number of allylic oxidation sites excluding steroid dienone is 8. The van der Waals surface area contributed by atoms with Gasteiger partial charge in [-0.15, -0.1) is 11.8 Å². The Kier molecular flexibility index (Phi) is 7.33. The molecular weight excluding hydrogens is 711 g/mol. The zero-order chi connectivity index (χ0) is 37.5. The molecule has 0 N–H and O–H groups in total. The molecule has 57 heavy (non-hydrogen) atoms. The SMILES string of the molecule is C1=CCCC(C2=CC=CC3c4cccc(-c5ccnc(-n6c7ccccc7c7ccc(C8(c9ccccc9)C=Cc9cccc%10cccc8c9%10)cc76)n5)c4SC23)=C1. The number of aromatic nitrogens is 3. The summed E-state index contributed by atoms with van der Waals surface area (Å²) in [7, 11) is 0. The van der Waals surface area contributed by atoms with Gasteiger partial charge in [-0.1, -0.05) is 164 Å². The van der Waals surface area contributed by atoms with Gasteiger partial charge in [0, 0.05) is 38.6 Å². The number of rotatable bonds is 5. The fourth-order valence-electron chi connectivity index (χ4n) is 10.0. The Morgan fingerprint density at radius 1 is 0.719 bits per heavy atom. The Labute approximate surface area is 336 Å². The molecule has 6 aromatic carbocycles. The first-order valence-corrected chi connectivity index (χ1v) is 20.8. The molecule has 0 radical (unpaired) electrons. The van der Waals surface area contributed by atoms with Gasteiger partial charge in [-0.25, -0.2) is 9.97 Å². The molecule has 4 aliphatic rings. The third-order valence-electron chi connectivity index (χ3n) is 12.6. The molecule has 12 rings (SSSR count). The van der Waals surface area contributed by atoms with Crippen LogP contribution in [-0.4, -0.2) is 19.8 Å². The van der Waals surface area contributed by atoms with Crippen LogP contribution >= 0.6 is 11.8 Å². The Morgan fingerprint density at radius 2 is 1.58 bits per heavy atom.